The summed E-state index contributed by atoms with van der Waals surface area (Å²) in [5, 5.41) is 9.91. The van der Waals surface area contributed by atoms with Crippen LogP contribution in [0.15, 0.2) is 89.5 Å². The molecular weight excluding hydrogens is 436 g/mol. The number of furan rings is 1. The van der Waals surface area contributed by atoms with E-state index in [-0.39, 0.29) is 18.7 Å². The van der Waals surface area contributed by atoms with Gasteiger partial charge in [-0.05, 0) is 24.3 Å². The molecule has 2 aromatic heterocycles. The van der Waals surface area contributed by atoms with E-state index in [1.807, 2.05) is 60.7 Å². The summed E-state index contributed by atoms with van der Waals surface area (Å²) in [6.07, 6.45) is 1.30. The van der Waals surface area contributed by atoms with Gasteiger partial charge in [-0.25, -0.2) is 4.68 Å². The van der Waals surface area contributed by atoms with Gasteiger partial charge < -0.3 is 19.8 Å². The summed E-state index contributed by atoms with van der Waals surface area (Å²) in [5.74, 6) is -0.963. The van der Waals surface area contributed by atoms with Crippen LogP contribution in [0.25, 0.3) is 16.9 Å². The molecule has 0 radical (unpaired) electrons. The number of esters is 1. The highest BCUT2D eigenvalue weighted by atomic mass is 16.5. The average molecular weight is 458 g/mol. The minimum absolute atomic E-state index is 0.0567. The number of amides is 2. The molecule has 4 aromatic rings. The molecule has 172 valence electrons. The van der Waals surface area contributed by atoms with Crippen LogP contribution in [0.4, 0.5) is 5.82 Å². The van der Waals surface area contributed by atoms with Gasteiger partial charge in [0, 0.05) is 18.2 Å². The number of hydrogen-bond donors (Lipinski definition) is 2. The zero-order chi connectivity index (χ0) is 23.8. The number of anilines is 1. The van der Waals surface area contributed by atoms with Crippen LogP contribution >= 0.6 is 0 Å². The molecule has 0 aliphatic rings. The van der Waals surface area contributed by atoms with E-state index < -0.39 is 24.4 Å². The van der Waals surface area contributed by atoms with Crippen molar-refractivity contribution in [2.24, 2.45) is 0 Å². The molecule has 34 heavy (non-hydrogen) atoms. The molecule has 4 rings (SSSR count). The quantitative estimate of drug-likeness (QED) is 0.371. The fraction of sp³-hybridized carbons (Fsp3) is 0.120. The second-order valence-electron chi connectivity index (χ2n) is 7.22. The van der Waals surface area contributed by atoms with Crippen molar-refractivity contribution >= 4 is 23.6 Å². The third-order valence-corrected chi connectivity index (χ3v) is 4.77. The van der Waals surface area contributed by atoms with Gasteiger partial charge in [0.25, 0.3) is 11.8 Å². The Balaban J connectivity index is 1.34. The van der Waals surface area contributed by atoms with E-state index in [0.717, 1.165) is 11.3 Å². The van der Waals surface area contributed by atoms with Gasteiger partial charge in [-0.3, -0.25) is 14.4 Å². The van der Waals surface area contributed by atoms with Gasteiger partial charge in [-0.15, -0.1) is 0 Å². The summed E-state index contributed by atoms with van der Waals surface area (Å²) in [6.45, 7) is -0.410. The smallest absolute Gasteiger partial charge is 0.308 e. The Morgan fingerprint density at radius 1 is 0.941 bits per heavy atom. The molecular formula is C25H22N4O5. The summed E-state index contributed by atoms with van der Waals surface area (Å²) in [6, 6.07) is 23.8. The minimum Gasteiger partial charge on any atom is -0.459 e. The first-order valence-electron chi connectivity index (χ1n) is 10.6. The number of carbonyl (C=O) groups excluding carboxylic acids is 3. The van der Waals surface area contributed by atoms with Crippen molar-refractivity contribution in [2.45, 2.75) is 6.42 Å². The van der Waals surface area contributed by atoms with Crippen LogP contribution in [0.5, 0.6) is 0 Å². The van der Waals surface area contributed by atoms with Crippen LogP contribution in [-0.2, 0) is 14.3 Å². The van der Waals surface area contributed by atoms with Gasteiger partial charge in [-0.1, -0.05) is 48.5 Å². The predicted octanol–water partition coefficient (Wildman–Crippen LogP) is 3.43. The van der Waals surface area contributed by atoms with Crippen LogP contribution in [-0.4, -0.2) is 40.7 Å². The Morgan fingerprint density at radius 2 is 1.68 bits per heavy atom. The highest BCUT2D eigenvalue weighted by Crippen LogP contribution is 2.24. The van der Waals surface area contributed by atoms with Crippen LogP contribution in [0.2, 0.25) is 0 Å². The van der Waals surface area contributed by atoms with Crippen molar-refractivity contribution in [3.8, 4) is 16.9 Å². The maximum absolute atomic E-state index is 12.5. The third kappa shape index (κ3) is 5.77. The van der Waals surface area contributed by atoms with Crippen molar-refractivity contribution in [1.82, 2.24) is 15.1 Å². The maximum atomic E-state index is 12.5. The first kappa shape index (κ1) is 22.5. The van der Waals surface area contributed by atoms with Crippen molar-refractivity contribution < 1.29 is 23.5 Å². The minimum atomic E-state index is -0.614. The number of rotatable bonds is 9. The Morgan fingerprint density at radius 3 is 2.38 bits per heavy atom. The highest BCUT2D eigenvalue weighted by Gasteiger charge is 2.15. The van der Waals surface area contributed by atoms with Gasteiger partial charge >= 0.3 is 5.97 Å². The van der Waals surface area contributed by atoms with Crippen LogP contribution in [0.3, 0.4) is 0 Å². The fourth-order valence-electron chi connectivity index (χ4n) is 3.16. The molecule has 0 spiro atoms. The van der Waals surface area contributed by atoms with Gasteiger partial charge in [-0.2, -0.15) is 5.10 Å². The number of aromatic nitrogens is 2. The average Bonchev–Trinajstić information content (AvgIpc) is 3.55. The van der Waals surface area contributed by atoms with Gasteiger partial charge in [0.2, 0.25) is 0 Å². The molecule has 9 nitrogen and oxygen atoms in total. The largest absolute Gasteiger partial charge is 0.459 e. The van der Waals surface area contributed by atoms with Gasteiger partial charge in [0.1, 0.15) is 5.82 Å². The summed E-state index contributed by atoms with van der Waals surface area (Å²) in [4.78, 5) is 36.2. The van der Waals surface area contributed by atoms with E-state index in [1.165, 1.54) is 12.3 Å². The topological polar surface area (TPSA) is 115 Å². The summed E-state index contributed by atoms with van der Waals surface area (Å²) in [5.41, 5.74) is 2.35. The Bertz CT molecular complexity index is 1250. The number of benzene rings is 2. The molecule has 2 amide bonds. The molecule has 0 unspecified atom stereocenters. The molecule has 2 heterocycles. The molecule has 0 aliphatic heterocycles. The van der Waals surface area contributed by atoms with E-state index in [4.69, 9.17) is 9.15 Å². The summed E-state index contributed by atoms with van der Waals surface area (Å²) in [7, 11) is 0. The fourth-order valence-corrected chi connectivity index (χ4v) is 3.16. The second-order valence-corrected chi connectivity index (χ2v) is 7.22. The number of hydrogen-bond acceptors (Lipinski definition) is 6. The lowest BCUT2D eigenvalue weighted by atomic mass is 10.2. The van der Waals surface area contributed by atoms with E-state index in [9.17, 15) is 14.4 Å². The Kier molecular flexibility index (Phi) is 7.14. The first-order chi connectivity index (χ1) is 16.6. The summed E-state index contributed by atoms with van der Waals surface area (Å²) < 4.78 is 11.6. The third-order valence-electron chi connectivity index (χ3n) is 4.77. The molecule has 9 heteroatoms. The monoisotopic (exact) mass is 458 g/mol. The van der Waals surface area contributed by atoms with E-state index >= 15 is 0 Å². The molecule has 0 fully saturated rings. The zero-order valence-electron chi connectivity index (χ0n) is 18.1. The zero-order valence-corrected chi connectivity index (χ0v) is 18.1. The molecule has 0 saturated carbocycles. The van der Waals surface area contributed by atoms with Crippen molar-refractivity contribution in [3.63, 3.8) is 0 Å². The lowest BCUT2D eigenvalue weighted by molar-refractivity contribution is -0.147. The standard InChI is InChI=1S/C25H22N4O5/c30-23(17-34-24(31)13-14-26-25(32)21-12-7-15-33-21)27-22-16-20(18-8-3-1-4-9-18)28-29(22)19-10-5-2-6-11-19/h1-12,15-16H,13-14,17H2,(H,26,32)(H,27,30). The predicted molar refractivity (Wildman–Crippen MR) is 124 cm³/mol. The number of carbonyl (C=O) groups is 3. The molecule has 0 atom stereocenters. The van der Waals surface area contributed by atoms with E-state index in [2.05, 4.69) is 15.7 Å². The molecule has 0 bridgehead atoms. The molecule has 0 saturated heterocycles. The molecule has 0 aliphatic carbocycles. The van der Waals surface area contributed by atoms with Crippen molar-refractivity contribution in [1.29, 1.82) is 0 Å². The maximum Gasteiger partial charge on any atom is 0.308 e. The first-order valence-corrected chi connectivity index (χ1v) is 10.6. The molecule has 2 N–H and O–H groups in total. The lowest BCUT2D eigenvalue weighted by Gasteiger charge is -2.09. The Labute approximate surface area is 195 Å². The van der Waals surface area contributed by atoms with Crippen LogP contribution < -0.4 is 10.6 Å². The van der Waals surface area contributed by atoms with Crippen LogP contribution in [0.1, 0.15) is 17.0 Å². The second kappa shape index (κ2) is 10.8. The van der Waals surface area contributed by atoms with Crippen molar-refractivity contribution in [3.05, 3.63) is 90.9 Å². The molecule has 2 aromatic carbocycles. The van der Waals surface area contributed by atoms with E-state index in [1.54, 1.807) is 16.8 Å². The summed E-state index contributed by atoms with van der Waals surface area (Å²) >= 11 is 0. The van der Waals surface area contributed by atoms with Gasteiger partial charge in [0.05, 0.1) is 24.1 Å². The van der Waals surface area contributed by atoms with Gasteiger partial charge in [0.15, 0.2) is 12.4 Å². The number of nitrogens with one attached hydrogen (secondary N) is 2. The van der Waals surface area contributed by atoms with E-state index in [0.29, 0.717) is 11.5 Å². The van der Waals surface area contributed by atoms with Crippen LogP contribution in [0, 0.1) is 0 Å². The number of ether oxygens (including phenoxy) is 1. The lowest BCUT2D eigenvalue weighted by Crippen LogP contribution is -2.27. The Hall–Kier alpha value is -4.66. The number of nitrogens with zero attached hydrogens (tertiary/aromatic N) is 2. The SMILES string of the molecule is O=C(COC(=O)CCNC(=O)c1ccco1)Nc1cc(-c2ccccc2)nn1-c1ccccc1. The van der Waals surface area contributed by atoms with Crippen molar-refractivity contribution in [2.75, 3.05) is 18.5 Å². The normalized spacial score (nSPS) is 10.5. The highest BCUT2D eigenvalue weighted by molar-refractivity contribution is 5.93. The number of para-hydroxylation sites is 1.